The monoisotopic (exact) mass is 379 g/mol. The summed E-state index contributed by atoms with van der Waals surface area (Å²) in [5.74, 6) is -3.40. The molecule has 1 aromatic heterocycles. The van der Waals surface area contributed by atoms with Crippen LogP contribution in [-0.2, 0) is 0 Å². The second-order valence-corrected chi connectivity index (χ2v) is 7.82. The number of benzene rings is 1. The zero-order valence-corrected chi connectivity index (χ0v) is 14.3. The molecule has 4 unspecified atom stereocenters. The first-order chi connectivity index (χ1) is 12.7. The van der Waals surface area contributed by atoms with Gasteiger partial charge >= 0.3 is 5.97 Å². The van der Waals surface area contributed by atoms with Gasteiger partial charge in [-0.1, -0.05) is 0 Å². The van der Waals surface area contributed by atoms with Gasteiger partial charge in [0.25, 0.3) is 0 Å². The Bertz CT molecular complexity index is 1090. The second-order valence-electron chi connectivity index (χ2n) is 7.82. The average molecular weight is 379 g/mol. The van der Waals surface area contributed by atoms with E-state index >= 15 is 4.39 Å². The van der Waals surface area contributed by atoms with E-state index in [4.69, 9.17) is 0 Å². The molecule has 1 aliphatic carbocycles. The summed E-state index contributed by atoms with van der Waals surface area (Å²) in [5, 5.41) is 12.1. The van der Waals surface area contributed by atoms with E-state index < -0.39 is 40.8 Å². The first kappa shape index (κ1) is 16.6. The number of halogens is 3. The highest BCUT2D eigenvalue weighted by atomic mass is 19.1. The molecule has 3 heterocycles. The summed E-state index contributed by atoms with van der Waals surface area (Å²) in [6.45, 7) is 2.79. The quantitative estimate of drug-likeness (QED) is 0.795. The number of aromatic nitrogens is 1. The van der Waals surface area contributed by atoms with Crippen molar-refractivity contribution in [1.29, 1.82) is 0 Å². The van der Waals surface area contributed by atoms with E-state index in [0.29, 0.717) is 13.1 Å². The van der Waals surface area contributed by atoms with Crippen LogP contribution < -0.4 is 15.6 Å². The SMILES string of the molecule is CC12CN(c3c(F)cc4c(=O)c(C(=O)O)cn(C5CC5F)c4c3F)CC1N2. The van der Waals surface area contributed by atoms with Gasteiger partial charge < -0.3 is 19.9 Å². The summed E-state index contributed by atoms with van der Waals surface area (Å²) in [4.78, 5) is 25.4. The molecule has 27 heavy (non-hydrogen) atoms. The molecule has 0 bridgehead atoms. The zero-order valence-electron chi connectivity index (χ0n) is 14.3. The summed E-state index contributed by atoms with van der Waals surface area (Å²) >= 11 is 0. The van der Waals surface area contributed by atoms with Gasteiger partial charge in [0, 0.05) is 31.7 Å². The van der Waals surface area contributed by atoms with E-state index in [9.17, 15) is 23.5 Å². The number of fused-ring (bicyclic) bond motifs is 2. The van der Waals surface area contributed by atoms with E-state index in [1.54, 1.807) is 4.90 Å². The number of piperazine rings is 1. The number of carboxylic acids is 1. The molecule has 2 saturated heterocycles. The number of hydrogen-bond acceptors (Lipinski definition) is 4. The molecule has 3 fully saturated rings. The number of hydrogen-bond donors (Lipinski definition) is 2. The van der Waals surface area contributed by atoms with Crippen molar-refractivity contribution in [2.24, 2.45) is 0 Å². The van der Waals surface area contributed by atoms with Crippen LogP contribution in [0.25, 0.3) is 10.9 Å². The van der Waals surface area contributed by atoms with Crippen LogP contribution >= 0.6 is 0 Å². The van der Waals surface area contributed by atoms with Gasteiger partial charge in [-0.2, -0.15) is 0 Å². The van der Waals surface area contributed by atoms with E-state index in [-0.39, 0.29) is 34.6 Å². The molecule has 0 amide bonds. The van der Waals surface area contributed by atoms with Crippen molar-refractivity contribution in [3.05, 3.63) is 39.7 Å². The van der Waals surface area contributed by atoms with Crippen molar-refractivity contribution in [2.45, 2.75) is 37.1 Å². The predicted octanol–water partition coefficient (Wildman–Crippen LogP) is 1.81. The Kier molecular flexibility index (Phi) is 3.10. The van der Waals surface area contributed by atoms with Gasteiger partial charge in [-0.15, -0.1) is 0 Å². The molecular weight excluding hydrogens is 363 g/mol. The lowest BCUT2D eigenvalue weighted by atomic mass is 10.1. The van der Waals surface area contributed by atoms with Crippen molar-refractivity contribution in [3.8, 4) is 0 Å². The molecule has 2 aliphatic heterocycles. The van der Waals surface area contributed by atoms with Gasteiger partial charge in [0.05, 0.1) is 22.5 Å². The summed E-state index contributed by atoms with van der Waals surface area (Å²) in [6.07, 6.45) is -0.198. The standard InChI is InChI=1S/C18H16F3N3O3/c1-18-6-23(5-12(18)22-18)15-10(20)2-7-14(13(15)21)24(11-3-9(11)19)4-8(16(7)25)17(26)27/h2,4,9,11-12,22H,3,5-6H2,1H3,(H,26,27). The van der Waals surface area contributed by atoms with E-state index in [1.807, 2.05) is 6.92 Å². The Morgan fingerprint density at radius 2 is 2.11 bits per heavy atom. The van der Waals surface area contributed by atoms with E-state index in [2.05, 4.69) is 5.32 Å². The number of carboxylic acid groups (broad SMARTS) is 1. The van der Waals surface area contributed by atoms with Crippen LogP contribution in [0, 0.1) is 11.6 Å². The zero-order chi connectivity index (χ0) is 19.2. The third kappa shape index (κ3) is 2.24. The van der Waals surface area contributed by atoms with Crippen LogP contribution in [0.3, 0.4) is 0 Å². The third-order valence-corrected chi connectivity index (χ3v) is 5.88. The average Bonchev–Trinajstić information content (AvgIpc) is 3.43. The number of nitrogens with one attached hydrogen (secondary N) is 1. The molecular formula is C18H16F3N3O3. The van der Waals surface area contributed by atoms with Gasteiger partial charge in [-0.3, -0.25) is 4.79 Å². The number of aromatic carboxylic acids is 1. The minimum absolute atomic E-state index is 0.0942. The Morgan fingerprint density at radius 3 is 2.67 bits per heavy atom. The van der Waals surface area contributed by atoms with Crippen molar-refractivity contribution in [3.63, 3.8) is 0 Å². The summed E-state index contributed by atoms with van der Waals surface area (Å²) in [5.41, 5.74) is -2.31. The molecule has 9 heteroatoms. The normalized spacial score (nSPS) is 31.3. The fourth-order valence-corrected chi connectivity index (χ4v) is 4.19. The minimum atomic E-state index is -1.52. The lowest BCUT2D eigenvalue weighted by Crippen LogP contribution is -2.32. The second kappa shape index (κ2) is 5.03. The summed E-state index contributed by atoms with van der Waals surface area (Å²) in [6, 6.07) is 0.251. The molecule has 0 spiro atoms. The first-order valence-corrected chi connectivity index (χ1v) is 8.68. The number of anilines is 1. The van der Waals surface area contributed by atoms with Crippen molar-refractivity contribution in [1.82, 2.24) is 9.88 Å². The van der Waals surface area contributed by atoms with Gasteiger partial charge in [0.15, 0.2) is 5.82 Å². The topological polar surface area (TPSA) is 84.5 Å². The molecule has 1 aromatic carbocycles. The highest BCUT2D eigenvalue weighted by Crippen LogP contribution is 2.44. The highest BCUT2D eigenvalue weighted by Gasteiger charge is 2.56. The maximum atomic E-state index is 15.4. The van der Waals surface area contributed by atoms with Gasteiger partial charge in [0.2, 0.25) is 5.43 Å². The number of pyridine rings is 1. The first-order valence-electron chi connectivity index (χ1n) is 8.68. The smallest absolute Gasteiger partial charge is 0.341 e. The van der Waals surface area contributed by atoms with Crippen LogP contribution in [0.4, 0.5) is 18.9 Å². The molecule has 1 saturated carbocycles. The minimum Gasteiger partial charge on any atom is -0.477 e. The number of nitrogens with zero attached hydrogens (tertiary/aromatic N) is 2. The maximum Gasteiger partial charge on any atom is 0.341 e. The molecule has 142 valence electrons. The van der Waals surface area contributed by atoms with Crippen LogP contribution in [0.1, 0.15) is 29.7 Å². The molecule has 5 rings (SSSR count). The van der Waals surface area contributed by atoms with Crippen molar-refractivity contribution in [2.75, 3.05) is 18.0 Å². The summed E-state index contributed by atoms with van der Waals surface area (Å²) < 4.78 is 45.0. The van der Waals surface area contributed by atoms with Gasteiger partial charge in [-0.25, -0.2) is 18.0 Å². The van der Waals surface area contributed by atoms with Gasteiger partial charge in [-0.05, 0) is 13.0 Å². The van der Waals surface area contributed by atoms with Crippen molar-refractivity contribution >= 4 is 22.6 Å². The van der Waals surface area contributed by atoms with Crippen LogP contribution in [0.5, 0.6) is 0 Å². The Morgan fingerprint density at radius 1 is 1.41 bits per heavy atom. The lowest BCUT2D eigenvalue weighted by molar-refractivity contribution is 0.0694. The maximum absolute atomic E-state index is 15.4. The lowest BCUT2D eigenvalue weighted by Gasteiger charge is -2.24. The fraction of sp³-hybridized carbons (Fsp3) is 0.444. The van der Waals surface area contributed by atoms with Crippen molar-refractivity contribution < 1.29 is 23.1 Å². The molecule has 2 N–H and O–H groups in total. The largest absolute Gasteiger partial charge is 0.477 e. The molecule has 6 nitrogen and oxygen atoms in total. The summed E-state index contributed by atoms with van der Waals surface area (Å²) in [7, 11) is 0. The molecule has 3 aliphatic rings. The number of rotatable bonds is 3. The Balaban J connectivity index is 1.77. The number of alkyl halides is 1. The highest BCUT2D eigenvalue weighted by molar-refractivity contribution is 5.94. The Labute approximate surface area is 151 Å². The van der Waals surface area contributed by atoms with Crippen LogP contribution in [0.15, 0.2) is 17.1 Å². The third-order valence-electron chi connectivity index (χ3n) is 5.88. The fourth-order valence-electron chi connectivity index (χ4n) is 4.19. The van der Waals surface area contributed by atoms with Gasteiger partial charge in [0.1, 0.15) is 23.2 Å². The number of carbonyl (C=O) groups is 1. The molecule has 4 atom stereocenters. The molecule has 0 radical (unpaired) electrons. The predicted molar refractivity (Wildman–Crippen MR) is 91.2 cm³/mol. The van der Waals surface area contributed by atoms with E-state index in [0.717, 1.165) is 16.8 Å². The van der Waals surface area contributed by atoms with Crippen LogP contribution in [0.2, 0.25) is 0 Å². The molecule has 2 aromatic rings. The Hall–Kier alpha value is -2.55. The van der Waals surface area contributed by atoms with E-state index in [1.165, 1.54) is 0 Å². The van der Waals surface area contributed by atoms with Crippen LogP contribution in [-0.4, -0.2) is 46.5 Å².